The highest BCUT2D eigenvalue weighted by atomic mass is 16.6. The van der Waals surface area contributed by atoms with Gasteiger partial charge in [0.15, 0.2) is 11.1 Å². The predicted octanol–water partition coefficient (Wildman–Crippen LogP) is 1.80. The summed E-state index contributed by atoms with van der Waals surface area (Å²) in [6, 6.07) is 0. The minimum absolute atomic E-state index is 0.0969. The second kappa shape index (κ2) is 4.20. The first-order chi connectivity index (χ1) is 8.71. The van der Waals surface area contributed by atoms with E-state index >= 15 is 0 Å². The maximum Gasteiger partial charge on any atom is 0.335 e. The Morgan fingerprint density at radius 1 is 1.42 bits per heavy atom. The fraction of sp³-hybridized carbons (Fsp3) is 0.857. The van der Waals surface area contributed by atoms with E-state index in [-0.39, 0.29) is 17.3 Å². The standard InChI is InChI=1S/C14H23NO4/c1-12(2,3)13(4)10(18-6)15-14(11(16)19-13)7-9(14)8-17-5/h9H,7-8H2,1-6H3/t9-,13+,14-/m1/s1. The zero-order valence-corrected chi connectivity index (χ0v) is 12.6. The van der Waals surface area contributed by atoms with Gasteiger partial charge in [-0.1, -0.05) is 20.8 Å². The van der Waals surface area contributed by atoms with Crippen LogP contribution in [0.2, 0.25) is 0 Å². The minimum Gasteiger partial charge on any atom is -0.481 e. The SMILES string of the molecule is COC[C@H]1C[C@@]12N=C(OC)[C@@](C)(C(C)(C)C)OC2=O. The second-order valence-electron chi connectivity index (χ2n) is 6.57. The second-order valence-corrected chi connectivity index (χ2v) is 6.57. The molecule has 0 N–H and O–H groups in total. The number of esters is 1. The average molecular weight is 269 g/mol. The lowest BCUT2D eigenvalue weighted by Crippen LogP contribution is -2.57. The Morgan fingerprint density at radius 3 is 2.53 bits per heavy atom. The lowest BCUT2D eigenvalue weighted by atomic mass is 9.76. The van der Waals surface area contributed by atoms with Crippen LogP contribution in [0.25, 0.3) is 0 Å². The van der Waals surface area contributed by atoms with Gasteiger partial charge < -0.3 is 14.2 Å². The third kappa shape index (κ3) is 1.95. The van der Waals surface area contributed by atoms with Crippen LogP contribution < -0.4 is 0 Å². The molecule has 1 saturated carbocycles. The third-order valence-electron chi connectivity index (χ3n) is 4.42. The molecule has 5 heteroatoms. The molecule has 0 aromatic heterocycles. The Balaban J connectivity index is 2.37. The molecule has 0 saturated heterocycles. The molecule has 0 radical (unpaired) electrons. The highest BCUT2D eigenvalue weighted by Gasteiger charge is 2.67. The summed E-state index contributed by atoms with van der Waals surface area (Å²) in [7, 11) is 3.20. The summed E-state index contributed by atoms with van der Waals surface area (Å²) >= 11 is 0. The molecular weight excluding hydrogens is 246 g/mol. The molecule has 1 fully saturated rings. The molecule has 0 aromatic carbocycles. The lowest BCUT2D eigenvalue weighted by molar-refractivity contribution is -0.168. The molecule has 108 valence electrons. The van der Waals surface area contributed by atoms with Gasteiger partial charge in [-0.25, -0.2) is 9.79 Å². The summed E-state index contributed by atoms with van der Waals surface area (Å²) in [5.41, 5.74) is -1.89. The molecule has 1 aliphatic heterocycles. The summed E-state index contributed by atoms with van der Waals surface area (Å²) in [4.78, 5) is 16.9. The van der Waals surface area contributed by atoms with Crippen molar-refractivity contribution in [2.24, 2.45) is 16.3 Å². The number of carbonyl (C=O) groups excluding carboxylic acids is 1. The monoisotopic (exact) mass is 269 g/mol. The highest BCUT2D eigenvalue weighted by molar-refractivity contribution is 5.98. The van der Waals surface area contributed by atoms with Crippen molar-refractivity contribution >= 4 is 11.9 Å². The number of aliphatic imine (C=N–C) groups is 1. The topological polar surface area (TPSA) is 57.1 Å². The van der Waals surface area contributed by atoms with Gasteiger partial charge in [0.1, 0.15) is 0 Å². The molecule has 0 amide bonds. The Hall–Kier alpha value is -1.10. The molecule has 3 atom stereocenters. The van der Waals surface area contributed by atoms with E-state index in [0.717, 1.165) is 0 Å². The average Bonchev–Trinajstić information content (AvgIpc) is 2.98. The first-order valence-electron chi connectivity index (χ1n) is 6.58. The van der Waals surface area contributed by atoms with Crippen molar-refractivity contribution < 1.29 is 19.0 Å². The molecule has 0 bridgehead atoms. The molecule has 0 unspecified atom stereocenters. The van der Waals surface area contributed by atoms with Crippen molar-refractivity contribution in [3.05, 3.63) is 0 Å². The van der Waals surface area contributed by atoms with E-state index in [1.807, 2.05) is 27.7 Å². The van der Waals surface area contributed by atoms with Crippen molar-refractivity contribution in [3.8, 4) is 0 Å². The number of nitrogens with zero attached hydrogens (tertiary/aromatic N) is 1. The van der Waals surface area contributed by atoms with Crippen LogP contribution in [0, 0.1) is 11.3 Å². The zero-order chi connectivity index (χ0) is 14.5. The number of rotatable bonds is 2. The quantitative estimate of drug-likeness (QED) is 0.717. The largest absolute Gasteiger partial charge is 0.481 e. The first-order valence-corrected chi connectivity index (χ1v) is 6.58. The Kier molecular flexibility index (Phi) is 3.16. The summed E-state index contributed by atoms with van der Waals surface area (Å²) < 4.78 is 16.3. The van der Waals surface area contributed by atoms with Crippen molar-refractivity contribution in [1.82, 2.24) is 0 Å². The fourth-order valence-electron chi connectivity index (χ4n) is 2.47. The van der Waals surface area contributed by atoms with Crippen molar-refractivity contribution in [2.45, 2.75) is 45.3 Å². The number of hydrogen-bond acceptors (Lipinski definition) is 5. The van der Waals surface area contributed by atoms with Crippen LogP contribution in [0.15, 0.2) is 4.99 Å². The smallest absolute Gasteiger partial charge is 0.335 e. The zero-order valence-electron chi connectivity index (χ0n) is 12.6. The van der Waals surface area contributed by atoms with Crippen LogP contribution in [0.3, 0.4) is 0 Å². The van der Waals surface area contributed by atoms with Crippen LogP contribution in [0.1, 0.15) is 34.1 Å². The van der Waals surface area contributed by atoms with E-state index < -0.39 is 11.1 Å². The van der Waals surface area contributed by atoms with E-state index in [1.54, 1.807) is 14.2 Å². The van der Waals surface area contributed by atoms with Crippen LogP contribution in [-0.4, -0.2) is 43.8 Å². The highest BCUT2D eigenvalue weighted by Crippen LogP contribution is 2.53. The number of methoxy groups -OCH3 is 2. The Morgan fingerprint density at radius 2 is 2.05 bits per heavy atom. The van der Waals surface area contributed by atoms with Gasteiger partial charge in [0.05, 0.1) is 13.7 Å². The molecule has 19 heavy (non-hydrogen) atoms. The van der Waals surface area contributed by atoms with E-state index in [9.17, 15) is 4.79 Å². The van der Waals surface area contributed by atoms with Gasteiger partial charge in [-0.2, -0.15) is 0 Å². The molecule has 0 aromatic rings. The molecule has 1 aliphatic carbocycles. The van der Waals surface area contributed by atoms with Crippen LogP contribution >= 0.6 is 0 Å². The Labute approximate surface area is 114 Å². The fourth-order valence-corrected chi connectivity index (χ4v) is 2.47. The predicted molar refractivity (Wildman–Crippen MR) is 71.1 cm³/mol. The minimum atomic E-state index is -0.829. The van der Waals surface area contributed by atoms with Gasteiger partial charge in [-0.15, -0.1) is 0 Å². The summed E-state index contributed by atoms with van der Waals surface area (Å²) in [5, 5.41) is 0. The summed E-state index contributed by atoms with van der Waals surface area (Å²) in [6.45, 7) is 8.39. The van der Waals surface area contributed by atoms with E-state index in [2.05, 4.69) is 4.99 Å². The number of ether oxygens (including phenoxy) is 3. The first kappa shape index (κ1) is 14.3. The third-order valence-corrected chi connectivity index (χ3v) is 4.42. The van der Waals surface area contributed by atoms with Crippen LogP contribution in [-0.2, 0) is 19.0 Å². The van der Waals surface area contributed by atoms with Crippen molar-refractivity contribution in [2.75, 3.05) is 20.8 Å². The molecule has 2 rings (SSSR count). The van der Waals surface area contributed by atoms with Crippen molar-refractivity contribution in [1.29, 1.82) is 0 Å². The van der Waals surface area contributed by atoms with Gasteiger partial charge in [-0.3, -0.25) is 0 Å². The summed E-state index contributed by atoms with van der Waals surface area (Å²) in [5.74, 6) is 0.339. The maximum atomic E-state index is 12.3. The lowest BCUT2D eigenvalue weighted by Gasteiger charge is -2.44. The van der Waals surface area contributed by atoms with Crippen LogP contribution in [0.5, 0.6) is 0 Å². The molecule has 1 spiro atoms. The van der Waals surface area contributed by atoms with E-state index in [4.69, 9.17) is 14.2 Å². The number of carbonyl (C=O) groups is 1. The van der Waals surface area contributed by atoms with Crippen molar-refractivity contribution in [3.63, 3.8) is 0 Å². The Bertz CT molecular complexity index is 426. The summed E-state index contributed by atoms with van der Waals surface area (Å²) in [6.07, 6.45) is 0.673. The van der Waals surface area contributed by atoms with E-state index in [0.29, 0.717) is 18.9 Å². The van der Waals surface area contributed by atoms with Crippen LogP contribution in [0.4, 0.5) is 0 Å². The molecule has 1 heterocycles. The van der Waals surface area contributed by atoms with Gasteiger partial charge in [-0.05, 0) is 13.3 Å². The number of cyclic esters (lactones) is 1. The molecule has 5 nitrogen and oxygen atoms in total. The van der Waals surface area contributed by atoms with E-state index in [1.165, 1.54) is 0 Å². The van der Waals surface area contributed by atoms with Gasteiger partial charge in [0.2, 0.25) is 5.90 Å². The molecule has 2 aliphatic rings. The van der Waals surface area contributed by atoms with Gasteiger partial charge in [0, 0.05) is 18.4 Å². The van der Waals surface area contributed by atoms with Gasteiger partial charge in [0.25, 0.3) is 0 Å². The maximum absolute atomic E-state index is 12.3. The number of hydrogen-bond donors (Lipinski definition) is 0. The van der Waals surface area contributed by atoms with Gasteiger partial charge >= 0.3 is 5.97 Å². The normalized spacial score (nSPS) is 37.9. The molecular formula is C14H23NO4.